The van der Waals surface area contributed by atoms with Gasteiger partial charge in [0.05, 0.1) is 27.0 Å². The highest BCUT2D eigenvalue weighted by molar-refractivity contribution is 6.31. The van der Waals surface area contributed by atoms with Crippen LogP contribution in [0.4, 0.5) is 5.69 Å². The number of ketones is 1. The summed E-state index contributed by atoms with van der Waals surface area (Å²) in [5.41, 5.74) is 3.70. The summed E-state index contributed by atoms with van der Waals surface area (Å²) < 4.78 is 16.5. The predicted octanol–water partition coefficient (Wildman–Crippen LogP) is 5.20. The Hall–Kier alpha value is -2.99. The maximum atomic E-state index is 13.5. The molecule has 1 atom stereocenters. The van der Waals surface area contributed by atoms with E-state index in [1.165, 1.54) is 0 Å². The van der Waals surface area contributed by atoms with E-state index in [1.807, 2.05) is 25.1 Å². The van der Waals surface area contributed by atoms with Crippen molar-refractivity contribution in [3.8, 4) is 17.2 Å². The Morgan fingerprint density at radius 3 is 2.34 bits per heavy atom. The van der Waals surface area contributed by atoms with Crippen LogP contribution in [0.1, 0.15) is 42.7 Å². The molecule has 0 saturated heterocycles. The van der Waals surface area contributed by atoms with Crippen molar-refractivity contribution < 1.29 is 23.8 Å². The van der Waals surface area contributed by atoms with E-state index in [9.17, 15) is 9.59 Å². The summed E-state index contributed by atoms with van der Waals surface area (Å²) in [6.45, 7) is 1.89. The molecule has 1 aliphatic carbocycles. The fourth-order valence-corrected chi connectivity index (χ4v) is 4.87. The van der Waals surface area contributed by atoms with Crippen molar-refractivity contribution in [2.75, 3.05) is 26.2 Å². The average Bonchev–Trinajstić information content (AvgIpc) is 2.80. The molecule has 0 fully saturated rings. The van der Waals surface area contributed by atoms with Gasteiger partial charge in [0.15, 0.2) is 17.3 Å². The van der Waals surface area contributed by atoms with Crippen LogP contribution in [0.2, 0.25) is 5.02 Å². The molecule has 6 nitrogen and oxygen atoms in total. The lowest BCUT2D eigenvalue weighted by atomic mass is 9.76. The number of carbonyl (C=O) groups excluding carboxylic acids is 2. The quantitative estimate of drug-likeness (QED) is 0.619. The smallest absolute Gasteiger partial charge is 0.232 e. The number of amides is 1. The molecule has 2 aliphatic rings. The van der Waals surface area contributed by atoms with Gasteiger partial charge in [0, 0.05) is 46.7 Å². The van der Waals surface area contributed by atoms with Gasteiger partial charge < -0.3 is 14.2 Å². The molecule has 168 valence electrons. The van der Waals surface area contributed by atoms with E-state index >= 15 is 0 Å². The average molecular weight is 456 g/mol. The Bertz CT molecular complexity index is 1120. The van der Waals surface area contributed by atoms with E-state index in [0.717, 1.165) is 22.5 Å². The number of carbonyl (C=O) groups is 2. The van der Waals surface area contributed by atoms with Crippen molar-refractivity contribution in [3.05, 3.63) is 57.8 Å². The van der Waals surface area contributed by atoms with Crippen molar-refractivity contribution in [2.24, 2.45) is 0 Å². The van der Waals surface area contributed by atoms with Gasteiger partial charge in [-0.3, -0.25) is 14.5 Å². The Balaban J connectivity index is 1.92. The summed E-state index contributed by atoms with van der Waals surface area (Å²) >= 11 is 6.35. The van der Waals surface area contributed by atoms with Crippen molar-refractivity contribution in [3.63, 3.8) is 0 Å². The number of hydrogen-bond acceptors (Lipinski definition) is 5. The summed E-state index contributed by atoms with van der Waals surface area (Å²) in [6.07, 6.45) is 1.95. The lowest BCUT2D eigenvalue weighted by Crippen LogP contribution is -2.41. The van der Waals surface area contributed by atoms with Gasteiger partial charge in [-0.15, -0.1) is 0 Å². The Kier molecular flexibility index (Phi) is 6.15. The molecule has 0 aromatic heterocycles. The number of Topliss-reactive ketones (excluding diaryl/α,β-unsaturated/α-hetero) is 1. The Morgan fingerprint density at radius 2 is 1.66 bits per heavy atom. The number of hydrogen-bond donors (Lipinski definition) is 0. The molecular weight excluding hydrogens is 430 g/mol. The molecule has 4 rings (SSSR count). The second kappa shape index (κ2) is 8.87. The minimum absolute atomic E-state index is 0.0604. The molecule has 7 heteroatoms. The molecule has 1 heterocycles. The van der Waals surface area contributed by atoms with Gasteiger partial charge in [-0.2, -0.15) is 0 Å². The van der Waals surface area contributed by atoms with Gasteiger partial charge >= 0.3 is 0 Å². The number of ether oxygens (including phenoxy) is 3. The molecule has 32 heavy (non-hydrogen) atoms. The van der Waals surface area contributed by atoms with Crippen molar-refractivity contribution in [1.82, 2.24) is 0 Å². The molecule has 0 unspecified atom stereocenters. The summed E-state index contributed by atoms with van der Waals surface area (Å²) in [5.74, 6) is 1.16. The number of nitrogens with zero attached hydrogens (tertiary/aromatic N) is 1. The SMILES string of the molecule is COc1cc(OC)c([C@H]2CC(=O)N(c3cccc(Cl)c3C)C3=C2C(=O)CCC3)cc1OC. The summed E-state index contributed by atoms with van der Waals surface area (Å²) in [4.78, 5) is 28.4. The zero-order valence-corrected chi connectivity index (χ0v) is 19.4. The third kappa shape index (κ3) is 3.62. The topological polar surface area (TPSA) is 65.1 Å². The van der Waals surface area contributed by atoms with Crippen LogP contribution in [-0.2, 0) is 9.59 Å². The van der Waals surface area contributed by atoms with Crippen LogP contribution in [0.3, 0.4) is 0 Å². The minimum atomic E-state index is -0.421. The number of halogens is 1. The van der Waals surface area contributed by atoms with E-state index in [-0.39, 0.29) is 18.1 Å². The lowest BCUT2D eigenvalue weighted by molar-refractivity contribution is -0.119. The molecule has 0 radical (unpaired) electrons. The summed E-state index contributed by atoms with van der Waals surface area (Å²) in [5, 5.41) is 0.586. The maximum absolute atomic E-state index is 13.5. The van der Waals surface area contributed by atoms with Gasteiger partial charge in [0.1, 0.15) is 5.75 Å². The molecule has 0 saturated carbocycles. The summed E-state index contributed by atoms with van der Waals surface area (Å²) in [7, 11) is 4.67. The predicted molar refractivity (Wildman–Crippen MR) is 123 cm³/mol. The molecule has 2 aromatic carbocycles. The molecule has 0 N–H and O–H groups in total. The fourth-order valence-electron chi connectivity index (χ4n) is 4.70. The Morgan fingerprint density at radius 1 is 0.969 bits per heavy atom. The van der Waals surface area contributed by atoms with Gasteiger partial charge in [0.2, 0.25) is 5.91 Å². The number of methoxy groups -OCH3 is 3. The number of anilines is 1. The zero-order valence-electron chi connectivity index (χ0n) is 18.7. The van der Waals surface area contributed by atoms with Crippen molar-refractivity contribution >= 4 is 29.0 Å². The second-order valence-electron chi connectivity index (χ2n) is 7.96. The highest BCUT2D eigenvalue weighted by Gasteiger charge is 2.41. The molecule has 1 aliphatic heterocycles. The van der Waals surface area contributed by atoms with Crippen LogP contribution >= 0.6 is 11.6 Å². The second-order valence-corrected chi connectivity index (χ2v) is 8.36. The first-order valence-electron chi connectivity index (χ1n) is 10.6. The number of benzene rings is 2. The van der Waals surface area contributed by atoms with Crippen LogP contribution < -0.4 is 19.1 Å². The molecule has 2 aromatic rings. The van der Waals surface area contributed by atoms with Crippen LogP contribution in [0.25, 0.3) is 0 Å². The molecule has 0 spiro atoms. The van der Waals surface area contributed by atoms with Crippen LogP contribution in [0, 0.1) is 6.92 Å². The number of rotatable bonds is 5. The first kappa shape index (κ1) is 22.2. The molecule has 0 bridgehead atoms. The highest BCUT2D eigenvalue weighted by Crippen LogP contribution is 2.48. The van der Waals surface area contributed by atoms with E-state index in [0.29, 0.717) is 47.1 Å². The van der Waals surface area contributed by atoms with E-state index in [1.54, 1.807) is 38.4 Å². The number of allylic oxidation sites excluding steroid dienone is 2. The largest absolute Gasteiger partial charge is 0.496 e. The van der Waals surface area contributed by atoms with Gasteiger partial charge in [-0.25, -0.2) is 0 Å². The lowest BCUT2D eigenvalue weighted by Gasteiger charge is -2.39. The third-order valence-corrected chi connectivity index (χ3v) is 6.68. The molecule has 1 amide bonds. The van der Waals surface area contributed by atoms with E-state index in [2.05, 4.69) is 0 Å². The summed E-state index contributed by atoms with van der Waals surface area (Å²) in [6, 6.07) is 9.04. The van der Waals surface area contributed by atoms with Crippen LogP contribution in [0.15, 0.2) is 41.6 Å². The van der Waals surface area contributed by atoms with E-state index in [4.69, 9.17) is 25.8 Å². The van der Waals surface area contributed by atoms with Gasteiger partial charge in [0.25, 0.3) is 0 Å². The van der Waals surface area contributed by atoms with Crippen molar-refractivity contribution in [1.29, 1.82) is 0 Å². The minimum Gasteiger partial charge on any atom is -0.496 e. The first-order chi connectivity index (χ1) is 15.4. The van der Waals surface area contributed by atoms with Gasteiger partial charge in [-0.1, -0.05) is 17.7 Å². The third-order valence-electron chi connectivity index (χ3n) is 6.27. The zero-order chi connectivity index (χ0) is 23.0. The van der Waals surface area contributed by atoms with Gasteiger partial charge in [-0.05, 0) is 43.5 Å². The Labute approximate surface area is 192 Å². The van der Waals surface area contributed by atoms with E-state index < -0.39 is 5.92 Å². The standard InChI is InChI=1S/C25H26ClNO5/c1-14-17(26)7-5-8-18(14)27-19-9-6-10-20(28)25(19)16(12-24(27)29)15-11-22(31-3)23(32-4)13-21(15)30-2/h5,7-8,11,13,16H,6,9-10,12H2,1-4H3/t16-/m1/s1. The normalized spacial score (nSPS) is 18.5. The van der Waals surface area contributed by atoms with Crippen LogP contribution in [0.5, 0.6) is 17.2 Å². The monoisotopic (exact) mass is 455 g/mol. The molecular formula is C25H26ClNO5. The highest BCUT2D eigenvalue weighted by atomic mass is 35.5. The van der Waals surface area contributed by atoms with Crippen LogP contribution in [-0.4, -0.2) is 33.0 Å². The first-order valence-corrected chi connectivity index (χ1v) is 10.9. The fraction of sp³-hybridized carbons (Fsp3) is 0.360. The van der Waals surface area contributed by atoms with Crippen molar-refractivity contribution in [2.45, 2.75) is 38.5 Å². The maximum Gasteiger partial charge on any atom is 0.232 e.